The topological polar surface area (TPSA) is 110 Å². The summed E-state index contributed by atoms with van der Waals surface area (Å²) >= 11 is 0. The summed E-state index contributed by atoms with van der Waals surface area (Å²) in [5.74, 6) is 1.94. The van der Waals surface area contributed by atoms with Crippen LogP contribution in [0.15, 0.2) is 48.9 Å². The van der Waals surface area contributed by atoms with Gasteiger partial charge < -0.3 is 19.5 Å². The first-order chi connectivity index (χ1) is 24.5. The summed E-state index contributed by atoms with van der Waals surface area (Å²) in [6.45, 7) is 7.77. The van der Waals surface area contributed by atoms with Crippen LogP contribution in [0.2, 0.25) is 0 Å². The lowest BCUT2D eigenvalue weighted by atomic mass is 9.51. The zero-order chi connectivity index (χ0) is 35.8. The molecule has 1 atom stereocenters. The summed E-state index contributed by atoms with van der Waals surface area (Å²) in [5, 5.41) is 14.5. The molecule has 51 heavy (non-hydrogen) atoms. The van der Waals surface area contributed by atoms with Crippen molar-refractivity contribution in [3.05, 3.63) is 60.0 Å². The van der Waals surface area contributed by atoms with Crippen molar-refractivity contribution in [1.29, 1.82) is 0 Å². The molecular weight excluding hydrogens is 642 g/mol. The summed E-state index contributed by atoms with van der Waals surface area (Å²) in [6.07, 6.45) is 17.4. The number of aliphatic hydroxyl groups is 1. The number of methoxy groups -OCH3 is 1. The standard InChI is InChI=1S/C41H55N5O5/c1-29-22-33(10-11-35(29)50-4)41-17-14-40(15-18-41,16-19-41)27-45(37(48)30-8-6-5-7-9-30)36-23-31(12-20-42-36)32-24-43-46(25-32)39(2,3)28-51-38(49)44-21-13-34(47)26-44/h10-12,20,22-25,30,34,47H,5-9,13-19,21,26-28H2,1-4H3/t34-,40?,41?/m0/s1. The highest BCUT2D eigenvalue weighted by Gasteiger charge is 2.50. The van der Waals surface area contributed by atoms with Gasteiger partial charge in [-0.3, -0.25) is 14.4 Å². The summed E-state index contributed by atoms with van der Waals surface area (Å²) in [5.41, 5.74) is 4.20. The minimum absolute atomic E-state index is 0.0456. The molecule has 5 aliphatic rings. The predicted octanol–water partition coefficient (Wildman–Crippen LogP) is 7.41. The molecule has 1 saturated heterocycles. The average Bonchev–Trinajstić information content (AvgIpc) is 3.84. The second-order valence-corrected chi connectivity index (χ2v) is 16.6. The van der Waals surface area contributed by atoms with Crippen molar-refractivity contribution in [2.75, 3.05) is 38.3 Å². The van der Waals surface area contributed by atoms with Crippen LogP contribution >= 0.6 is 0 Å². The van der Waals surface area contributed by atoms with Crippen LogP contribution in [0.3, 0.4) is 0 Å². The number of carbonyl (C=O) groups excluding carboxylic acids is 2. The number of aliphatic hydroxyl groups excluding tert-OH is 1. The molecule has 1 N–H and O–H groups in total. The summed E-state index contributed by atoms with van der Waals surface area (Å²) in [6, 6.07) is 10.8. The second kappa shape index (κ2) is 14.2. The Kier molecular flexibility index (Phi) is 9.91. The van der Waals surface area contributed by atoms with Crippen LogP contribution < -0.4 is 9.64 Å². The number of aryl methyl sites for hydroxylation is 1. The Morgan fingerprint density at radius 3 is 2.41 bits per heavy atom. The van der Waals surface area contributed by atoms with Gasteiger partial charge in [0.25, 0.3) is 0 Å². The van der Waals surface area contributed by atoms with E-state index in [2.05, 4.69) is 41.2 Å². The number of pyridine rings is 1. The Hall–Kier alpha value is -3.92. The summed E-state index contributed by atoms with van der Waals surface area (Å²) in [4.78, 5) is 35.5. The van der Waals surface area contributed by atoms with Crippen LogP contribution in [0.5, 0.6) is 5.75 Å². The van der Waals surface area contributed by atoms with Gasteiger partial charge in [0.05, 0.1) is 24.9 Å². The smallest absolute Gasteiger partial charge is 0.409 e. The predicted molar refractivity (Wildman–Crippen MR) is 197 cm³/mol. The number of nitrogens with zero attached hydrogens (tertiary/aromatic N) is 5. The van der Waals surface area contributed by atoms with Crippen molar-refractivity contribution < 1.29 is 24.2 Å². The van der Waals surface area contributed by atoms with Gasteiger partial charge in [-0.1, -0.05) is 31.4 Å². The molecule has 0 radical (unpaired) electrons. The number of β-amino-alcohol motifs (C(OH)–C–C–N with tert-alkyl or cyclic N) is 1. The third-order valence-corrected chi connectivity index (χ3v) is 12.7. The fraction of sp³-hybridized carbons (Fsp3) is 0.610. The van der Waals surface area contributed by atoms with Crippen LogP contribution in [0.4, 0.5) is 10.6 Å². The number of hydrogen-bond donors (Lipinski definition) is 1. The first-order valence-corrected chi connectivity index (χ1v) is 19.1. The molecule has 4 aliphatic carbocycles. The van der Waals surface area contributed by atoms with Crippen molar-refractivity contribution >= 4 is 17.8 Å². The highest BCUT2D eigenvalue weighted by molar-refractivity contribution is 5.95. The molecule has 2 aromatic heterocycles. The number of fused-ring (bicyclic) bond motifs is 3. The monoisotopic (exact) mass is 697 g/mol. The van der Waals surface area contributed by atoms with E-state index in [1.807, 2.05) is 43.2 Å². The number of likely N-dealkylation sites (tertiary alicyclic amines) is 1. The van der Waals surface area contributed by atoms with E-state index < -0.39 is 17.7 Å². The van der Waals surface area contributed by atoms with Crippen LogP contribution in [-0.4, -0.2) is 76.2 Å². The fourth-order valence-corrected chi connectivity index (χ4v) is 9.17. The van der Waals surface area contributed by atoms with Crippen molar-refractivity contribution in [2.24, 2.45) is 11.3 Å². The van der Waals surface area contributed by atoms with Gasteiger partial charge in [0.1, 0.15) is 18.2 Å². The molecule has 3 aromatic rings. The number of aromatic nitrogens is 3. The van der Waals surface area contributed by atoms with Crippen LogP contribution in [-0.2, 0) is 20.5 Å². The number of amides is 2. The molecule has 0 spiro atoms. The summed E-state index contributed by atoms with van der Waals surface area (Å²) < 4.78 is 13.0. The largest absolute Gasteiger partial charge is 0.496 e. The maximum atomic E-state index is 14.4. The highest BCUT2D eigenvalue weighted by atomic mass is 16.6. The fourth-order valence-electron chi connectivity index (χ4n) is 9.17. The lowest BCUT2D eigenvalue weighted by molar-refractivity contribution is -0.124. The molecule has 1 aromatic carbocycles. The maximum absolute atomic E-state index is 14.4. The Balaban J connectivity index is 1.09. The third kappa shape index (κ3) is 7.26. The molecule has 2 bridgehead atoms. The molecule has 0 unspecified atom stereocenters. The quantitative estimate of drug-likeness (QED) is 0.235. The maximum Gasteiger partial charge on any atom is 0.409 e. The Bertz CT molecular complexity index is 1700. The van der Waals surface area contributed by atoms with Gasteiger partial charge in [0.15, 0.2) is 0 Å². The molecule has 2 amide bonds. The van der Waals surface area contributed by atoms with Crippen molar-refractivity contribution in [1.82, 2.24) is 19.7 Å². The first-order valence-electron chi connectivity index (χ1n) is 19.1. The molecule has 1 aliphatic heterocycles. The second-order valence-electron chi connectivity index (χ2n) is 16.6. The molecule has 5 fully saturated rings. The number of carbonyl (C=O) groups is 2. The van der Waals surface area contributed by atoms with Crippen molar-refractivity contribution in [2.45, 2.75) is 115 Å². The Morgan fingerprint density at radius 1 is 1.00 bits per heavy atom. The van der Waals surface area contributed by atoms with E-state index in [4.69, 9.17) is 14.5 Å². The zero-order valence-corrected chi connectivity index (χ0v) is 30.9. The van der Waals surface area contributed by atoms with Gasteiger partial charge in [0, 0.05) is 43.5 Å². The number of anilines is 1. The number of ether oxygens (including phenoxy) is 2. The first kappa shape index (κ1) is 35.5. The molecule has 10 nitrogen and oxygen atoms in total. The molecule has 274 valence electrons. The Labute approximate surface area is 302 Å². The SMILES string of the molecule is COc1ccc(C23CCC(CN(C(=O)C4CCCCC4)c4cc(-c5cnn(C(C)(C)COC(=O)N6CC[C@H](O)C6)c5)ccn4)(CC2)CC3)cc1C. The van der Waals surface area contributed by atoms with Crippen LogP contribution in [0, 0.1) is 18.3 Å². The van der Waals surface area contributed by atoms with Crippen LogP contribution in [0.1, 0.15) is 102 Å². The normalized spacial score (nSPS) is 25.2. The summed E-state index contributed by atoms with van der Waals surface area (Å²) in [7, 11) is 1.74. The van der Waals surface area contributed by atoms with E-state index in [9.17, 15) is 14.7 Å². The van der Waals surface area contributed by atoms with Gasteiger partial charge in [0.2, 0.25) is 5.91 Å². The molecule has 4 saturated carbocycles. The minimum atomic E-state index is -0.591. The lowest BCUT2D eigenvalue weighted by Gasteiger charge is -2.55. The third-order valence-electron chi connectivity index (χ3n) is 12.7. The van der Waals surface area contributed by atoms with Gasteiger partial charge in [-0.25, -0.2) is 9.78 Å². The molecule has 10 heteroatoms. The van der Waals surface area contributed by atoms with Gasteiger partial charge in [-0.15, -0.1) is 0 Å². The van der Waals surface area contributed by atoms with E-state index >= 15 is 0 Å². The molecular formula is C41H55N5O5. The van der Waals surface area contributed by atoms with Crippen molar-refractivity contribution in [3.8, 4) is 16.9 Å². The van der Waals surface area contributed by atoms with Gasteiger partial charge in [-0.2, -0.15) is 5.10 Å². The van der Waals surface area contributed by atoms with E-state index in [0.29, 0.717) is 26.1 Å². The number of benzene rings is 1. The van der Waals surface area contributed by atoms with E-state index in [1.54, 1.807) is 12.0 Å². The van der Waals surface area contributed by atoms with Crippen LogP contribution in [0.25, 0.3) is 11.1 Å². The Morgan fingerprint density at radius 2 is 1.75 bits per heavy atom. The highest BCUT2D eigenvalue weighted by Crippen LogP contribution is 2.58. The zero-order valence-electron chi connectivity index (χ0n) is 30.9. The van der Waals surface area contributed by atoms with Gasteiger partial charge in [-0.05, 0) is 124 Å². The number of hydrogen-bond acceptors (Lipinski definition) is 7. The van der Waals surface area contributed by atoms with E-state index in [0.717, 1.165) is 86.9 Å². The average molecular weight is 698 g/mol. The number of rotatable bonds is 10. The molecule has 8 rings (SSSR count). The van der Waals surface area contributed by atoms with Crippen molar-refractivity contribution in [3.63, 3.8) is 0 Å². The minimum Gasteiger partial charge on any atom is -0.496 e. The van der Waals surface area contributed by atoms with E-state index in [1.165, 1.54) is 17.5 Å². The van der Waals surface area contributed by atoms with E-state index in [-0.39, 0.29) is 29.3 Å². The lowest BCUT2D eigenvalue weighted by Crippen LogP contribution is -2.51. The molecule has 3 heterocycles. The van der Waals surface area contributed by atoms with Gasteiger partial charge >= 0.3 is 6.09 Å².